The lowest BCUT2D eigenvalue weighted by Gasteiger charge is -2.16. The van der Waals surface area contributed by atoms with Crippen LogP contribution in [0.5, 0.6) is 5.75 Å². The summed E-state index contributed by atoms with van der Waals surface area (Å²) >= 11 is 13.3. The van der Waals surface area contributed by atoms with E-state index >= 15 is 0 Å². The predicted octanol–water partition coefficient (Wildman–Crippen LogP) is 6.66. The number of allylic oxidation sites excluding steroid dienone is 1. The molecule has 1 unspecified atom stereocenters. The van der Waals surface area contributed by atoms with E-state index in [0.717, 1.165) is 23.9 Å². The molecule has 3 aromatic rings. The molecular formula is C22H19Cl2F3N4O2S. The molecule has 1 aromatic heterocycles. The van der Waals surface area contributed by atoms with E-state index in [1.165, 1.54) is 12.1 Å². The standard InChI is InChI=1S/C22H19Cl2F3N4O2S/c1-3-9-31-20(13(2)33-18-11-15(23)7-8-17(18)24)29-30-21(31)34-12-19(32)28-16-6-4-5-14(10-16)22(25,26)27/h3-8,10-11,13H,1,9,12H2,2H3,(H,28,32). The van der Waals surface area contributed by atoms with Crippen LogP contribution in [0.2, 0.25) is 10.0 Å². The zero-order valence-electron chi connectivity index (χ0n) is 17.8. The van der Waals surface area contributed by atoms with E-state index in [1.54, 1.807) is 35.8 Å². The molecule has 0 saturated heterocycles. The number of benzene rings is 2. The molecule has 0 aliphatic rings. The van der Waals surface area contributed by atoms with Gasteiger partial charge in [0.05, 0.1) is 16.3 Å². The van der Waals surface area contributed by atoms with Crippen molar-refractivity contribution in [2.24, 2.45) is 0 Å². The number of carbonyl (C=O) groups excluding carboxylic acids is 1. The number of halogens is 5. The van der Waals surface area contributed by atoms with Crippen molar-refractivity contribution in [2.75, 3.05) is 11.1 Å². The van der Waals surface area contributed by atoms with Gasteiger partial charge in [0.1, 0.15) is 5.75 Å². The van der Waals surface area contributed by atoms with Gasteiger partial charge in [-0.1, -0.05) is 47.1 Å². The second-order valence-electron chi connectivity index (χ2n) is 6.99. The second-order valence-corrected chi connectivity index (χ2v) is 8.78. The number of rotatable bonds is 9. The van der Waals surface area contributed by atoms with E-state index in [0.29, 0.717) is 33.3 Å². The highest BCUT2D eigenvalue weighted by molar-refractivity contribution is 7.99. The summed E-state index contributed by atoms with van der Waals surface area (Å²) in [4.78, 5) is 12.3. The molecule has 6 nitrogen and oxygen atoms in total. The smallest absolute Gasteiger partial charge is 0.416 e. The summed E-state index contributed by atoms with van der Waals surface area (Å²) < 4.78 is 46.2. The Morgan fingerprint density at radius 2 is 2.03 bits per heavy atom. The molecule has 1 atom stereocenters. The highest BCUT2D eigenvalue weighted by atomic mass is 35.5. The maximum absolute atomic E-state index is 12.9. The van der Waals surface area contributed by atoms with Gasteiger partial charge in [-0.2, -0.15) is 13.2 Å². The first-order valence-corrected chi connectivity index (χ1v) is 11.6. The maximum atomic E-state index is 12.9. The van der Waals surface area contributed by atoms with Crippen molar-refractivity contribution in [1.29, 1.82) is 0 Å². The normalized spacial score (nSPS) is 12.3. The highest BCUT2D eigenvalue weighted by Crippen LogP contribution is 2.33. The molecule has 1 heterocycles. The van der Waals surface area contributed by atoms with Crippen LogP contribution in [0.4, 0.5) is 18.9 Å². The Labute approximate surface area is 208 Å². The predicted molar refractivity (Wildman–Crippen MR) is 127 cm³/mol. The summed E-state index contributed by atoms with van der Waals surface area (Å²) in [5, 5.41) is 12.0. The average molecular weight is 531 g/mol. The quantitative estimate of drug-likeness (QED) is 0.247. The first-order valence-electron chi connectivity index (χ1n) is 9.84. The molecule has 1 N–H and O–H groups in total. The fourth-order valence-corrected chi connectivity index (χ4v) is 4.00. The lowest BCUT2D eigenvalue weighted by Crippen LogP contribution is -2.16. The SMILES string of the molecule is C=CCn1c(SCC(=O)Nc2cccc(C(F)(F)F)c2)nnc1C(C)Oc1cc(Cl)ccc1Cl. The Morgan fingerprint density at radius 3 is 2.74 bits per heavy atom. The molecule has 0 aliphatic carbocycles. The van der Waals surface area contributed by atoms with Crippen molar-refractivity contribution in [3.63, 3.8) is 0 Å². The van der Waals surface area contributed by atoms with Crippen LogP contribution < -0.4 is 10.1 Å². The van der Waals surface area contributed by atoms with Crippen molar-refractivity contribution < 1.29 is 22.7 Å². The van der Waals surface area contributed by atoms with Crippen LogP contribution in [-0.2, 0) is 17.5 Å². The minimum Gasteiger partial charge on any atom is -0.481 e. The average Bonchev–Trinajstić information content (AvgIpc) is 3.17. The molecule has 1 amide bonds. The van der Waals surface area contributed by atoms with E-state index in [1.807, 2.05) is 0 Å². The lowest BCUT2D eigenvalue weighted by molar-refractivity contribution is -0.137. The molecule has 0 spiro atoms. The number of carbonyl (C=O) groups is 1. The zero-order chi connectivity index (χ0) is 24.9. The van der Waals surface area contributed by atoms with Gasteiger partial charge in [0.25, 0.3) is 0 Å². The van der Waals surface area contributed by atoms with Gasteiger partial charge >= 0.3 is 6.18 Å². The molecular weight excluding hydrogens is 512 g/mol. The number of anilines is 1. The molecule has 0 aliphatic heterocycles. The second kappa shape index (κ2) is 11.2. The molecule has 180 valence electrons. The molecule has 0 saturated carbocycles. The summed E-state index contributed by atoms with van der Waals surface area (Å²) in [7, 11) is 0. The van der Waals surface area contributed by atoms with Crippen molar-refractivity contribution >= 4 is 46.6 Å². The van der Waals surface area contributed by atoms with Crippen LogP contribution in [0, 0.1) is 0 Å². The molecule has 3 rings (SSSR count). The summed E-state index contributed by atoms with van der Waals surface area (Å²) in [6.45, 7) is 5.83. The minimum atomic E-state index is -4.50. The van der Waals surface area contributed by atoms with Crippen LogP contribution in [0.1, 0.15) is 24.4 Å². The number of nitrogens with zero attached hydrogens (tertiary/aromatic N) is 3. The molecule has 34 heavy (non-hydrogen) atoms. The zero-order valence-corrected chi connectivity index (χ0v) is 20.1. The van der Waals surface area contributed by atoms with E-state index in [9.17, 15) is 18.0 Å². The Bertz CT molecular complexity index is 1190. The fourth-order valence-electron chi connectivity index (χ4n) is 2.92. The van der Waals surface area contributed by atoms with Crippen LogP contribution in [0.15, 0.2) is 60.3 Å². The van der Waals surface area contributed by atoms with Crippen LogP contribution in [0.25, 0.3) is 0 Å². The Hall–Kier alpha value is -2.69. The van der Waals surface area contributed by atoms with Crippen LogP contribution in [0.3, 0.4) is 0 Å². The van der Waals surface area contributed by atoms with Gasteiger partial charge in [-0.25, -0.2) is 0 Å². The van der Waals surface area contributed by atoms with Gasteiger partial charge in [0.2, 0.25) is 5.91 Å². The first-order chi connectivity index (χ1) is 16.1. The van der Waals surface area contributed by atoms with Gasteiger partial charge in [-0.15, -0.1) is 16.8 Å². The van der Waals surface area contributed by atoms with Gasteiger partial charge < -0.3 is 10.1 Å². The monoisotopic (exact) mass is 530 g/mol. The number of alkyl halides is 3. The number of thioether (sulfide) groups is 1. The molecule has 12 heteroatoms. The third-order valence-electron chi connectivity index (χ3n) is 4.42. The Balaban J connectivity index is 1.69. The number of amides is 1. The number of nitrogens with one attached hydrogen (secondary N) is 1. The van der Waals surface area contributed by atoms with Crippen molar-refractivity contribution in [2.45, 2.75) is 30.9 Å². The number of ether oxygens (including phenoxy) is 1. The maximum Gasteiger partial charge on any atom is 0.416 e. The third-order valence-corrected chi connectivity index (χ3v) is 5.94. The van der Waals surface area contributed by atoms with E-state index in [4.69, 9.17) is 27.9 Å². The summed E-state index contributed by atoms with van der Waals surface area (Å²) in [5.41, 5.74) is -0.795. The van der Waals surface area contributed by atoms with Crippen LogP contribution >= 0.6 is 35.0 Å². The van der Waals surface area contributed by atoms with Gasteiger partial charge in [0, 0.05) is 23.3 Å². The minimum absolute atomic E-state index is 0.0501. The van der Waals surface area contributed by atoms with Gasteiger partial charge in [-0.05, 0) is 37.3 Å². The van der Waals surface area contributed by atoms with Crippen molar-refractivity contribution in [1.82, 2.24) is 14.8 Å². The molecule has 0 fully saturated rings. The lowest BCUT2D eigenvalue weighted by atomic mass is 10.2. The third kappa shape index (κ3) is 6.68. The van der Waals surface area contributed by atoms with E-state index in [2.05, 4.69) is 22.1 Å². The number of aromatic nitrogens is 3. The highest BCUT2D eigenvalue weighted by Gasteiger charge is 2.30. The van der Waals surface area contributed by atoms with Crippen molar-refractivity contribution in [3.8, 4) is 5.75 Å². The first kappa shape index (κ1) is 25.9. The molecule has 2 aromatic carbocycles. The summed E-state index contributed by atoms with van der Waals surface area (Å²) in [6.07, 6.45) is -3.42. The van der Waals surface area contributed by atoms with Gasteiger partial charge in [-0.3, -0.25) is 9.36 Å². The number of hydrogen-bond donors (Lipinski definition) is 1. The Kier molecular flexibility index (Phi) is 8.51. The van der Waals surface area contributed by atoms with Gasteiger partial charge in [0.15, 0.2) is 17.1 Å². The molecule has 0 radical (unpaired) electrons. The largest absolute Gasteiger partial charge is 0.481 e. The van der Waals surface area contributed by atoms with E-state index in [-0.39, 0.29) is 11.4 Å². The summed E-state index contributed by atoms with van der Waals surface area (Å²) in [5.74, 6) is 0.260. The number of hydrogen-bond acceptors (Lipinski definition) is 5. The molecule has 0 bridgehead atoms. The topological polar surface area (TPSA) is 69.0 Å². The van der Waals surface area contributed by atoms with Crippen LogP contribution in [-0.4, -0.2) is 26.4 Å². The van der Waals surface area contributed by atoms with E-state index < -0.39 is 23.8 Å². The fraction of sp³-hybridized carbons (Fsp3) is 0.227. The Morgan fingerprint density at radius 1 is 1.26 bits per heavy atom. The summed E-state index contributed by atoms with van der Waals surface area (Å²) in [6, 6.07) is 9.26. The van der Waals surface area contributed by atoms with Crippen molar-refractivity contribution in [3.05, 3.63) is 76.6 Å².